The van der Waals surface area contributed by atoms with Crippen LogP contribution in [0.25, 0.3) is 0 Å². The Morgan fingerprint density at radius 1 is 1.36 bits per heavy atom. The molecule has 0 aromatic heterocycles. The first-order valence-electron chi connectivity index (χ1n) is 4.94. The number of ether oxygens (including phenoxy) is 1. The maximum absolute atomic E-state index is 11.6. The number of nitrogens with zero attached hydrogens (tertiary/aromatic N) is 1. The minimum Gasteiger partial charge on any atom is -0.436 e. The molecule has 2 aliphatic heterocycles. The molecule has 1 unspecified atom stereocenters. The highest BCUT2D eigenvalue weighted by molar-refractivity contribution is 6.00. The van der Waals surface area contributed by atoms with Gasteiger partial charge in [0, 0.05) is 6.04 Å². The van der Waals surface area contributed by atoms with Crippen LogP contribution in [0.3, 0.4) is 0 Å². The Bertz CT molecular complexity index is 261. The van der Waals surface area contributed by atoms with Gasteiger partial charge in [0.15, 0.2) is 6.10 Å². The van der Waals surface area contributed by atoms with Crippen LogP contribution in [0.2, 0.25) is 0 Å². The van der Waals surface area contributed by atoms with Crippen LogP contribution in [0.15, 0.2) is 0 Å². The van der Waals surface area contributed by atoms with E-state index in [1.165, 1.54) is 4.90 Å². The molecule has 0 radical (unpaired) electrons. The predicted octanol–water partition coefficient (Wildman–Crippen LogP) is 0.106. The lowest BCUT2D eigenvalue weighted by Crippen LogP contribution is -2.46. The lowest BCUT2D eigenvalue weighted by Gasteiger charge is -2.28. The average molecular weight is 198 g/mol. The standard InChI is InChI=1S/C9H14N2O3/c1-6-8(12)11(9(13)14-6)7-2-4-10-5-3-7/h6-7,10H,2-5H2,1H3. The summed E-state index contributed by atoms with van der Waals surface area (Å²) in [6.45, 7) is 3.33. The Hall–Kier alpha value is -1.10. The van der Waals surface area contributed by atoms with Gasteiger partial charge in [-0.25, -0.2) is 9.69 Å². The zero-order chi connectivity index (χ0) is 10.1. The van der Waals surface area contributed by atoms with Crippen LogP contribution in [0.5, 0.6) is 0 Å². The van der Waals surface area contributed by atoms with Gasteiger partial charge in [-0.15, -0.1) is 0 Å². The van der Waals surface area contributed by atoms with Gasteiger partial charge in [-0.3, -0.25) is 4.79 Å². The summed E-state index contributed by atoms with van der Waals surface area (Å²) < 4.78 is 4.86. The maximum atomic E-state index is 11.6. The van der Waals surface area contributed by atoms with Crippen LogP contribution < -0.4 is 5.32 Å². The molecule has 5 nitrogen and oxygen atoms in total. The van der Waals surface area contributed by atoms with E-state index in [-0.39, 0.29) is 11.9 Å². The summed E-state index contributed by atoms with van der Waals surface area (Å²) in [6.07, 6.45) is 0.577. The van der Waals surface area contributed by atoms with Gasteiger partial charge in [-0.05, 0) is 32.9 Å². The molecule has 0 aliphatic carbocycles. The first-order chi connectivity index (χ1) is 6.70. The van der Waals surface area contributed by atoms with Crippen LogP contribution >= 0.6 is 0 Å². The molecule has 78 valence electrons. The Labute approximate surface area is 82.4 Å². The second kappa shape index (κ2) is 3.57. The normalized spacial score (nSPS) is 29.5. The van der Waals surface area contributed by atoms with E-state index in [4.69, 9.17) is 4.74 Å². The summed E-state index contributed by atoms with van der Waals surface area (Å²) in [5, 5.41) is 3.19. The van der Waals surface area contributed by atoms with Gasteiger partial charge in [0.2, 0.25) is 0 Å². The van der Waals surface area contributed by atoms with Crippen molar-refractivity contribution in [1.82, 2.24) is 10.2 Å². The van der Waals surface area contributed by atoms with Crippen molar-refractivity contribution in [1.29, 1.82) is 0 Å². The highest BCUT2D eigenvalue weighted by Crippen LogP contribution is 2.20. The molecule has 1 N–H and O–H groups in total. The highest BCUT2D eigenvalue weighted by Gasteiger charge is 2.42. The van der Waals surface area contributed by atoms with Crippen molar-refractivity contribution in [3.63, 3.8) is 0 Å². The summed E-state index contributed by atoms with van der Waals surface area (Å²) in [5.74, 6) is -0.193. The van der Waals surface area contributed by atoms with Crippen LogP contribution in [-0.4, -0.2) is 42.1 Å². The van der Waals surface area contributed by atoms with E-state index in [9.17, 15) is 9.59 Å². The molecule has 0 bridgehead atoms. The van der Waals surface area contributed by atoms with Crippen molar-refractivity contribution in [2.45, 2.75) is 31.9 Å². The van der Waals surface area contributed by atoms with Gasteiger partial charge >= 0.3 is 6.09 Å². The molecule has 2 amide bonds. The highest BCUT2D eigenvalue weighted by atomic mass is 16.6. The van der Waals surface area contributed by atoms with Crippen LogP contribution in [0, 0.1) is 0 Å². The lowest BCUT2D eigenvalue weighted by atomic mass is 10.1. The predicted molar refractivity (Wildman–Crippen MR) is 48.7 cm³/mol. The molecule has 2 fully saturated rings. The van der Waals surface area contributed by atoms with Gasteiger partial charge in [-0.1, -0.05) is 0 Å². The summed E-state index contributed by atoms with van der Waals surface area (Å²) in [5.41, 5.74) is 0. The average Bonchev–Trinajstić information content (AvgIpc) is 2.43. The first-order valence-corrected chi connectivity index (χ1v) is 4.94. The van der Waals surface area contributed by atoms with Crippen LogP contribution in [0.1, 0.15) is 19.8 Å². The number of cyclic esters (lactones) is 1. The fourth-order valence-corrected chi connectivity index (χ4v) is 1.94. The molecular formula is C9H14N2O3. The second-order valence-electron chi connectivity index (χ2n) is 3.72. The van der Waals surface area contributed by atoms with Gasteiger partial charge in [-0.2, -0.15) is 0 Å². The number of nitrogens with one attached hydrogen (secondary N) is 1. The fourth-order valence-electron chi connectivity index (χ4n) is 1.94. The third-order valence-electron chi connectivity index (χ3n) is 2.73. The van der Waals surface area contributed by atoms with E-state index in [1.54, 1.807) is 6.92 Å². The number of carbonyl (C=O) groups is 2. The molecule has 2 rings (SSSR count). The number of amides is 2. The SMILES string of the molecule is CC1OC(=O)N(C2CCNCC2)C1=O. The number of imide groups is 1. The molecule has 5 heteroatoms. The number of carbonyl (C=O) groups excluding carboxylic acids is 2. The van der Waals surface area contributed by atoms with Gasteiger partial charge in [0.25, 0.3) is 5.91 Å². The van der Waals surface area contributed by atoms with E-state index in [0.717, 1.165) is 25.9 Å². The molecule has 0 aromatic carbocycles. The third-order valence-corrected chi connectivity index (χ3v) is 2.73. The van der Waals surface area contributed by atoms with Gasteiger partial charge in [0.1, 0.15) is 0 Å². The van der Waals surface area contributed by atoms with E-state index < -0.39 is 12.2 Å². The molecule has 0 saturated carbocycles. The molecule has 0 spiro atoms. The molecule has 0 aromatic rings. The minimum absolute atomic E-state index is 0.0289. The first kappa shape index (κ1) is 9.45. The van der Waals surface area contributed by atoms with Crippen molar-refractivity contribution in [2.75, 3.05) is 13.1 Å². The Morgan fingerprint density at radius 3 is 2.50 bits per heavy atom. The van der Waals surface area contributed by atoms with Crippen molar-refractivity contribution in [3.05, 3.63) is 0 Å². The van der Waals surface area contributed by atoms with E-state index >= 15 is 0 Å². The topological polar surface area (TPSA) is 58.6 Å². The molecule has 2 saturated heterocycles. The third kappa shape index (κ3) is 1.48. The van der Waals surface area contributed by atoms with Crippen LogP contribution in [0.4, 0.5) is 4.79 Å². The number of piperidine rings is 1. The quantitative estimate of drug-likeness (QED) is 0.649. The van der Waals surface area contributed by atoms with E-state index in [0.29, 0.717) is 0 Å². The Balaban J connectivity index is 2.08. The molecule has 14 heavy (non-hydrogen) atoms. The Morgan fingerprint density at radius 2 is 2.00 bits per heavy atom. The Kier molecular flexibility index (Phi) is 2.41. The monoisotopic (exact) mass is 198 g/mol. The summed E-state index contributed by atoms with van der Waals surface area (Å²) in [4.78, 5) is 24.2. The molecule has 2 aliphatic rings. The van der Waals surface area contributed by atoms with Gasteiger partial charge < -0.3 is 10.1 Å². The smallest absolute Gasteiger partial charge is 0.417 e. The fraction of sp³-hybridized carbons (Fsp3) is 0.778. The summed E-state index contributed by atoms with van der Waals surface area (Å²) >= 11 is 0. The molecule has 2 heterocycles. The molecular weight excluding hydrogens is 184 g/mol. The summed E-state index contributed by atoms with van der Waals surface area (Å²) in [7, 11) is 0. The van der Waals surface area contributed by atoms with E-state index in [1.807, 2.05) is 0 Å². The van der Waals surface area contributed by atoms with Gasteiger partial charge in [0.05, 0.1) is 0 Å². The largest absolute Gasteiger partial charge is 0.436 e. The van der Waals surface area contributed by atoms with Crippen molar-refractivity contribution >= 4 is 12.0 Å². The zero-order valence-electron chi connectivity index (χ0n) is 8.16. The number of rotatable bonds is 1. The lowest BCUT2D eigenvalue weighted by molar-refractivity contribution is -0.130. The molecule has 1 atom stereocenters. The second-order valence-corrected chi connectivity index (χ2v) is 3.72. The minimum atomic E-state index is -0.600. The summed E-state index contributed by atoms with van der Waals surface area (Å²) in [6, 6.07) is 0.0289. The van der Waals surface area contributed by atoms with E-state index in [2.05, 4.69) is 5.32 Å². The number of hydrogen-bond acceptors (Lipinski definition) is 4. The van der Waals surface area contributed by atoms with Crippen molar-refractivity contribution in [3.8, 4) is 0 Å². The van der Waals surface area contributed by atoms with Crippen molar-refractivity contribution in [2.24, 2.45) is 0 Å². The van der Waals surface area contributed by atoms with Crippen molar-refractivity contribution < 1.29 is 14.3 Å². The maximum Gasteiger partial charge on any atom is 0.417 e. The zero-order valence-corrected chi connectivity index (χ0v) is 8.16. The number of hydrogen-bond donors (Lipinski definition) is 1. The van der Waals surface area contributed by atoms with Crippen LogP contribution in [-0.2, 0) is 9.53 Å².